The molecule has 0 bridgehead atoms. The fourth-order valence-corrected chi connectivity index (χ4v) is 2.16. The summed E-state index contributed by atoms with van der Waals surface area (Å²) in [6.45, 7) is 0. The average Bonchev–Trinajstić information content (AvgIpc) is 2.71. The molecule has 1 aromatic heterocycles. The van der Waals surface area contributed by atoms with Crippen molar-refractivity contribution in [2.75, 3.05) is 5.32 Å². The van der Waals surface area contributed by atoms with Gasteiger partial charge in [-0.1, -0.05) is 18.2 Å². The van der Waals surface area contributed by atoms with Crippen LogP contribution in [-0.4, -0.2) is 17.1 Å². The van der Waals surface area contributed by atoms with Crippen molar-refractivity contribution >= 4 is 11.7 Å². The van der Waals surface area contributed by atoms with Gasteiger partial charge in [-0.3, -0.25) is 0 Å². The quantitative estimate of drug-likeness (QED) is 0.788. The van der Waals surface area contributed by atoms with Gasteiger partial charge in [0.1, 0.15) is 11.8 Å². The summed E-state index contributed by atoms with van der Waals surface area (Å²) in [6.07, 6.45) is 1.96. The molecule has 0 radical (unpaired) electrons. The maximum Gasteiger partial charge on any atom is 0.326 e. The third-order valence-electron chi connectivity index (χ3n) is 2.98. The molecule has 0 amide bonds. The Kier molecular flexibility index (Phi) is 2.14. The SMILES string of the molecule is O=C(O)C1Cc2occc2-c2ccccc2N1. The second kappa shape index (κ2) is 3.66. The Morgan fingerprint density at radius 2 is 2.12 bits per heavy atom. The second-order valence-electron chi connectivity index (χ2n) is 4.04. The van der Waals surface area contributed by atoms with E-state index in [1.807, 2.05) is 30.3 Å². The Bertz CT molecular complexity index is 574. The van der Waals surface area contributed by atoms with Crippen LogP contribution in [0.4, 0.5) is 5.69 Å². The number of carboxylic acid groups (broad SMARTS) is 1. The van der Waals surface area contributed by atoms with Gasteiger partial charge in [-0.15, -0.1) is 0 Å². The molecule has 1 aromatic carbocycles. The summed E-state index contributed by atoms with van der Waals surface area (Å²) in [5.41, 5.74) is 2.79. The number of para-hydroxylation sites is 1. The molecule has 2 heterocycles. The van der Waals surface area contributed by atoms with Crippen LogP contribution in [-0.2, 0) is 11.2 Å². The lowest BCUT2D eigenvalue weighted by Gasteiger charge is -2.13. The van der Waals surface area contributed by atoms with Crippen molar-refractivity contribution in [1.29, 1.82) is 0 Å². The molecule has 0 fully saturated rings. The predicted octanol–water partition coefficient (Wildman–Crippen LogP) is 2.37. The lowest BCUT2D eigenvalue weighted by molar-refractivity contribution is -0.137. The van der Waals surface area contributed by atoms with Gasteiger partial charge in [0.15, 0.2) is 0 Å². The number of furan rings is 1. The van der Waals surface area contributed by atoms with E-state index in [1.165, 1.54) is 0 Å². The van der Waals surface area contributed by atoms with Crippen LogP contribution in [0, 0.1) is 0 Å². The standard InChI is InChI=1S/C13H11NO3/c15-13(16)11-7-12-9(5-6-17-12)8-3-1-2-4-10(8)14-11/h1-6,11,14H,7H2,(H,15,16). The highest BCUT2D eigenvalue weighted by molar-refractivity contribution is 5.86. The van der Waals surface area contributed by atoms with E-state index in [9.17, 15) is 4.79 Å². The maximum atomic E-state index is 11.1. The van der Waals surface area contributed by atoms with Crippen molar-refractivity contribution in [1.82, 2.24) is 0 Å². The first-order valence-electron chi connectivity index (χ1n) is 5.41. The topological polar surface area (TPSA) is 62.5 Å². The van der Waals surface area contributed by atoms with E-state index in [2.05, 4.69) is 5.32 Å². The molecule has 4 nitrogen and oxygen atoms in total. The van der Waals surface area contributed by atoms with Gasteiger partial charge >= 0.3 is 5.97 Å². The Labute approximate surface area is 97.9 Å². The van der Waals surface area contributed by atoms with E-state index >= 15 is 0 Å². The van der Waals surface area contributed by atoms with E-state index in [-0.39, 0.29) is 0 Å². The van der Waals surface area contributed by atoms with E-state index in [0.717, 1.165) is 22.6 Å². The molecule has 0 saturated heterocycles. The number of hydrogen-bond acceptors (Lipinski definition) is 3. The van der Waals surface area contributed by atoms with Crippen LogP contribution in [0.25, 0.3) is 11.1 Å². The third kappa shape index (κ3) is 1.58. The van der Waals surface area contributed by atoms with Gasteiger partial charge in [0.05, 0.1) is 6.26 Å². The predicted molar refractivity (Wildman–Crippen MR) is 62.9 cm³/mol. The van der Waals surface area contributed by atoms with Crippen LogP contribution in [0.3, 0.4) is 0 Å². The lowest BCUT2D eigenvalue weighted by atomic mass is 10.0. The van der Waals surface area contributed by atoms with E-state index < -0.39 is 12.0 Å². The monoisotopic (exact) mass is 229 g/mol. The van der Waals surface area contributed by atoms with Crippen LogP contribution in [0.2, 0.25) is 0 Å². The summed E-state index contributed by atoms with van der Waals surface area (Å²) in [4.78, 5) is 11.1. The van der Waals surface area contributed by atoms with Gasteiger partial charge < -0.3 is 14.8 Å². The Hall–Kier alpha value is -2.23. The Morgan fingerprint density at radius 3 is 2.94 bits per heavy atom. The number of nitrogens with one attached hydrogen (secondary N) is 1. The number of anilines is 1. The molecular weight excluding hydrogens is 218 g/mol. The average molecular weight is 229 g/mol. The molecule has 0 spiro atoms. The highest BCUT2D eigenvalue weighted by Crippen LogP contribution is 2.35. The molecule has 0 saturated carbocycles. The van der Waals surface area contributed by atoms with Gasteiger partial charge in [-0.2, -0.15) is 0 Å². The summed E-state index contributed by atoms with van der Waals surface area (Å²) in [7, 11) is 0. The van der Waals surface area contributed by atoms with Crippen molar-refractivity contribution in [3.63, 3.8) is 0 Å². The van der Waals surface area contributed by atoms with Gasteiger partial charge in [-0.25, -0.2) is 4.79 Å². The summed E-state index contributed by atoms with van der Waals surface area (Å²) in [5, 5.41) is 12.2. The maximum absolute atomic E-state index is 11.1. The number of fused-ring (bicyclic) bond motifs is 3. The van der Waals surface area contributed by atoms with E-state index in [4.69, 9.17) is 9.52 Å². The number of benzene rings is 1. The minimum Gasteiger partial charge on any atom is -0.480 e. The lowest BCUT2D eigenvalue weighted by Crippen LogP contribution is -2.30. The van der Waals surface area contributed by atoms with Gasteiger partial charge in [0.2, 0.25) is 0 Å². The number of rotatable bonds is 1. The summed E-state index contributed by atoms with van der Waals surface area (Å²) >= 11 is 0. The molecule has 3 rings (SSSR count). The molecule has 86 valence electrons. The number of hydrogen-bond donors (Lipinski definition) is 2. The molecule has 17 heavy (non-hydrogen) atoms. The minimum atomic E-state index is -0.871. The Balaban J connectivity index is 2.18. The van der Waals surface area contributed by atoms with Gasteiger partial charge in [0, 0.05) is 23.2 Å². The molecule has 1 aliphatic rings. The van der Waals surface area contributed by atoms with Crippen LogP contribution in [0.5, 0.6) is 0 Å². The zero-order valence-corrected chi connectivity index (χ0v) is 9.01. The number of aliphatic carboxylic acids is 1. The van der Waals surface area contributed by atoms with Crippen LogP contribution in [0.1, 0.15) is 5.76 Å². The molecule has 2 N–H and O–H groups in total. The highest BCUT2D eigenvalue weighted by atomic mass is 16.4. The normalized spacial score (nSPS) is 17.5. The molecule has 4 heteroatoms. The minimum absolute atomic E-state index is 0.354. The van der Waals surface area contributed by atoms with E-state index in [0.29, 0.717) is 6.42 Å². The van der Waals surface area contributed by atoms with E-state index in [1.54, 1.807) is 6.26 Å². The Morgan fingerprint density at radius 1 is 1.29 bits per heavy atom. The molecule has 1 unspecified atom stereocenters. The van der Waals surface area contributed by atoms with Gasteiger partial charge in [-0.05, 0) is 12.1 Å². The second-order valence-corrected chi connectivity index (χ2v) is 4.04. The molecule has 2 aromatic rings. The molecule has 0 aliphatic carbocycles. The van der Waals surface area contributed by atoms with Crippen molar-refractivity contribution < 1.29 is 14.3 Å². The fourth-order valence-electron chi connectivity index (χ4n) is 2.16. The van der Waals surface area contributed by atoms with Crippen LogP contribution in [0.15, 0.2) is 41.0 Å². The first kappa shape index (κ1) is 9.96. The largest absolute Gasteiger partial charge is 0.480 e. The molecular formula is C13H11NO3. The highest BCUT2D eigenvalue weighted by Gasteiger charge is 2.26. The zero-order chi connectivity index (χ0) is 11.8. The number of carbonyl (C=O) groups is 1. The summed E-state index contributed by atoms with van der Waals surface area (Å²) in [5.74, 6) is -0.154. The first-order valence-corrected chi connectivity index (χ1v) is 5.41. The van der Waals surface area contributed by atoms with Crippen LogP contribution >= 0.6 is 0 Å². The van der Waals surface area contributed by atoms with Crippen molar-refractivity contribution in [3.8, 4) is 11.1 Å². The fraction of sp³-hybridized carbons (Fsp3) is 0.154. The smallest absolute Gasteiger partial charge is 0.326 e. The van der Waals surface area contributed by atoms with Crippen molar-refractivity contribution in [2.24, 2.45) is 0 Å². The molecule has 1 aliphatic heterocycles. The van der Waals surface area contributed by atoms with Crippen molar-refractivity contribution in [3.05, 3.63) is 42.4 Å². The number of carboxylic acids is 1. The summed E-state index contributed by atoms with van der Waals surface area (Å²) in [6, 6.07) is 8.88. The molecule has 1 atom stereocenters. The van der Waals surface area contributed by atoms with Gasteiger partial charge in [0.25, 0.3) is 0 Å². The third-order valence-corrected chi connectivity index (χ3v) is 2.98. The summed E-state index contributed by atoms with van der Waals surface area (Å²) < 4.78 is 5.37. The van der Waals surface area contributed by atoms with Crippen LogP contribution < -0.4 is 5.32 Å². The first-order chi connectivity index (χ1) is 8.25. The zero-order valence-electron chi connectivity index (χ0n) is 9.01. The van der Waals surface area contributed by atoms with Crippen molar-refractivity contribution in [2.45, 2.75) is 12.5 Å².